The number of amides is 2. The Labute approximate surface area is 162 Å². The van der Waals surface area contributed by atoms with Crippen molar-refractivity contribution in [1.29, 1.82) is 0 Å². The topological polar surface area (TPSA) is 104 Å². The lowest BCUT2D eigenvalue weighted by Gasteiger charge is -2.20. The predicted molar refractivity (Wildman–Crippen MR) is 109 cm³/mol. The summed E-state index contributed by atoms with van der Waals surface area (Å²) in [6, 6.07) is 16.6. The number of benzene rings is 2. The summed E-state index contributed by atoms with van der Waals surface area (Å²) in [7, 11) is 0. The minimum absolute atomic E-state index is 0.198. The molecule has 3 aromatic rings. The van der Waals surface area contributed by atoms with Crippen LogP contribution in [0.15, 0.2) is 65.9 Å². The maximum atomic E-state index is 12.6. The van der Waals surface area contributed by atoms with E-state index in [4.69, 9.17) is 5.73 Å². The Kier molecular flexibility index (Phi) is 4.80. The minimum atomic E-state index is -0.656. The average Bonchev–Trinajstić information content (AvgIpc) is 3.34. The van der Waals surface area contributed by atoms with Crippen molar-refractivity contribution < 1.29 is 9.59 Å². The third kappa shape index (κ3) is 3.46. The number of anilines is 1. The van der Waals surface area contributed by atoms with Gasteiger partial charge in [0.1, 0.15) is 11.8 Å². The van der Waals surface area contributed by atoms with Gasteiger partial charge in [-0.05, 0) is 30.2 Å². The normalized spacial score (nSPS) is 16.2. The summed E-state index contributed by atoms with van der Waals surface area (Å²) >= 11 is 0. The Morgan fingerprint density at radius 3 is 2.68 bits per heavy atom. The summed E-state index contributed by atoms with van der Waals surface area (Å²) in [5.74, 6) is -0.779. The van der Waals surface area contributed by atoms with Crippen molar-refractivity contribution in [2.45, 2.75) is 18.9 Å². The smallest absolute Gasteiger partial charge is 0.267 e. The van der Waals surface area contributed by atoms with Gasteiger partial charge in [-0.3, -0.25) is 14.6 Å². The number of nitrogens with zero attached hydrogens (tertiary/aromatic N) is 2. The molecule has 1 aliphatic heterocycles. The zero-order chi connectivity index (χ0) is 19.5. The molecule has 4 rings (SSSR count). The number of fused-ring (bicyclic) bond motifs is 1. The summed E-state index contributed by atoms with van der Waals surface area (Å²) in [5, 5.41) is 9.93. The van der Waals surface area contributed by atoms with Crippen molar-refractivity contribution in [2.75, 3.05) is 11.6 Å². The van der Waals surface area contributed by atoms with E-state index in [1.165, 1.54) is 5.01 Å². The molecule has 2 aromatic carbocycles. The Morgan fingerprint density at radius 1 is 1.14 bits per heavy atom. The molecular weight excluding hydrogens is 354 g/mol. The highest BCUT2D eigenvalue weighted by Crippen LogP contribution is 2.24. The molecule has 1 aliphatic rings. The molecule has 7 heteroatoms. The van der Waals surface area contributed by atoms with Crippen LogP contribution in [-0.4, -0.2) is 35.1 Å². The number of carbonyl (C=O) groups excluding carboxylic acids is 2. The largest absolute Gasteiger partial charge is 0.368 e. The second kappa shape index (κ2) is 7.56. The summed E-state index contributed by atoms with van der Waals surface area (Å²) < 4.78 is 0. The van der Waals surface area contributed by atoms with Crippen molar-refractivity contribution in [2.24, 2.45) is 10.8 Å². The second-order valence-electron chi connectivity index (χ2n) is 6.71. The van der Waals surface area contributed by atoms with E-state index in [1.54, 1.807) is 0 Å². The van der Waals surface area contributed by atoms with Gasteiger partial charge in [0.05, 0.1) is 5.69 Å². The van der Waals surface area contributed by atoms with E-state index < -0.39 is 11.9 Å². The third-order valence-corrected chi connectivity index (χ3v) is 4.88. The quantitative estimate of drug-likeness (QED) is 0.613. The molecule has 0 fully saturated rings. The van der Waals surface area contributed by atoms with Crippen molar-refractivity contribution in [3.05, 3.63) is 66.4 Å². The predicted octanol–water partition coefficient (Wildman–Crippen LogP) is 1.95. The molecule has 0 saturated carbocycles. The van der Waals surface area contributed by atoms with Crippen LogP contribution >= 0.6 is 0 Å². The number of hydrogen-bond acceptors (Lipinski definition) is 4. The number of aromatic amines is 1. The van der Waals surface area contributed by atoms with Crippen LogP contribution in [0.5, 0.6) is 0 Å². The number of H-pyrrole nitrogens is 1. The van der Waals surface area contributed by atoms with Crippen LogP contribution in [0, 0.1) is 0 Å². The van der Waals surface area contributed by atoms with Crippen molar-refractivity contribution in [3.63, 3.8) is 0 Å². The molecule has 142 valence electrons. The van der Waals surface area contributed by atoms with Crippen LogP contribution in [-0.2, 0) is 16.0 Å². The van der Waals surface area contributed by atoms with Crippen molar-refractivity contribution >= 4 is 34.1 Å². The molecule has 0 spiro atoms. The number of rotatable bonds is 6. The Morgan fingerprint density at radius 2 is 1.89 bits per heavy atom. The number of aromatic nitrogens is 1. The van der Waals surface area contributed by atoms with E-state index in [-0.39, 0.29) is 12.3 Å². The summed E-state index contributed by atoms with van der Waals surface area (Å²) in [6.45, 7) is 0.478. The maximum absolute atomic E-state index is 12.6. The molecule has 28 heavy (non-hydrogen) atoms. The van der Waals surface area contributed by atoms with Crippen LogP contribution < -0.4 is 16.1 Å². The van der Waals surface area contributed by atoms with Gasteiger partial charge in [0.25, 0.3) is 5.91 Å². The van der Waals surface area contributed by atoms with Crippen molar-refractivity contribution in [1.82, 2.24) is 10.3 Å². The van der Waals surface area contributed by atoms with E-state index in [0.717, 1.165) is 22.2 Å². The number of para-hydroxylation sites is 2. The Bertz CT molecular complexity index is 1040. The lowest BCUT2D eigenvalue weighted by atomic mass is 10.1. The molecule has 0 radical (unpaired) electrons. The first-order valence-electron chi connectivity index (χ1n) is 9.18. The SMILES string of the molecule is NC(=O)C1CC(C(=O)NCCc2c[nH]c3ccccc23)=NN1c1ccccc1. The fraction of sp³-hybridized carbons (Fsp3) is 0.190. The number of hydrogen-bond donors (Lipinski definition) is 3. The Balaban J connectivity index is 1.42. The van der Waals surface area contributed by atoms with Gasteiger partial charge in [-0.15, -0.1) is 0 Å². The number of primary amides is 1. The zero-order valence-corrected chi connectivity index (χ0v) is 15.3. The molecule has 0 saturated heterocycles. The van der Waals surface area contributed by atoms with Gasteiger partial charge in [0.2, 0.25) is 5.91 Å². The molecule has 0 aliphatic carbocycles. The van der Waals surface area contributed by atoms with Crippen LogP contribution in [0.1, 0.15) is 12.0 Å². The lowest BCUT2D eigenvalue weighted by molar-refractivity contribution is -0.119. The average molecular weight is 375 g/mol. The van der Waals surface area contributed by atoms with E-state index in [2.05, 4.69) is 21.5 Å². The molecule has 1 unspecified atom stereocenters. The van der Waals surface area contributed by atoms with Crippen LogP contribution in [0.3, 0.4) is 0 Å². The first-order valence-corrected chi connectivity index (χ1v) is 9.18. The summed E-state index contributed by atoms with van der Waals surface area (Å²) in [5.41, 5.74) is 8.78. The van der Waals surface area contributed by atoms with Gasteiger partial charge in [0, 0.05) is 30.1 Å². The van der Waals surface area contributed by atoms with E-state index in [1.807, 2.05) is 54.7 Å². The van der Waals surface area contributed by atoms with Crippen LogP contribution in [0.4, 0.5) is 5.69 Å². The molecule has 1 aromatic heterocycles. The van der Waals surface area contributed by atoms with Crippen molar-refractivity contribution in [3.8, 4) is 0 Å². The van der Waals surface area contributed by atoms with Crippen LogP contribution in [0.25, 0.3) is 10.9 Å². The molecule has 2 amide bonds. The number of nitrogens with one attached hydrogen (secondary N) is 2. The van der Waals surface area contributed by atoms with E-state index in [0.29, 0.717) is 18.7 Å². The van der Waals surface area contributed by atoms with Gasteiger partial charge in [-0.25, -0.2) is 0 Å². The maximum Gasteiger partial charge on any atom is 0.267 e. The first-order chi connectivity index (χ1) is 13.6. The van der Waals surface area contributed by atoms with Gasteiger partial charge < -0.3 is 16.0 Å². The monoisotopic (exact) mass is 375 g/mol. The molecular formula is C21H21N5O2. The minimum Gasteiger partial charge on any atom is -0.368 e. The lowest BCUT2D eigenvalue weighted by Crippen LogP contribution is -2.40. The van der Waals surface area contributed by atoms with Gasteiger partial charge in [-0.1, -0.05) is 36.4 Å². The molecule has 1 atom stereocenters. The van der Waals surface area contributed by atoms with Gasteiger partial charge in [0.15, 0.2) is 0 Å². The third-order valence-electron chi connectivity index (χ3n) is 4.88. The zero-order valence-electron chi connectivity index (χ0n) is 15.3. The fourth-order valence-corrected chi connectivity index (χ4v) is 3.44. The Hall–Kier alpha value is -3.61. The molecule has 2 heterocycles. The standard InChI is InChI=1S/C21H21N5O2/c22-20(27)19-12-18(25-26(19)15-6-2-1-3-7-15)21(28)23-11-10-14-13-24-17-9-5-4-8-16(14)17/h1-9,13,19,24H,10-12H2,(H2,22,27)(H,23,28). The van der Waals surface area contributed by atoms with Crippen LogP contribution in [0.2, 0.25) is 0 Å². The van der Waals surface area contributed by atoms with Gasteiger partial charge >= 0.3 is 0 Å². The molecule has 4 N–H and O–H groups in total. The highest BCUT2D eigenvalue weighted by molar-refractivity contribution is 6.40. The van der Waals surface area contributed by atoms with Gasteiger partial charge in [-0.2, -0.15) is 5.10 Å². The number of carbonyl (C=O) groups is 2. The first kappa shape index (κ1) is 17.8. The summed E-state index contributed by atoms with van der Waals surface area (Å²) in [4.78, 5) is 27.6. The molecule has 0 bridgehead atoms. The second-order valence-corrected chi connectivity index (χ2v) is 6.71. The molecule has 7 nitrogen and oxygen atoms in total. The number of nitrogens with two attached hydrogens (primary N) is 1. The van der Waals surface area contributed by atoms with E-state index >= 15 is 0 Å². The number of hydrazone groups is 1. The summed E-state index contributed by atoms with van der Waals surface area (Å²) in [6.07, 6.45) is 2.86. The highest BCUT2D eigenvalue weighted by Gasteiger charge is 2.34. The fourth-order valence-electron chi connectivity index (χ4n) is 3.44. The highest BCUT2D eigenvalue weighted by atomic mass is 16.2. The van der Waals surface area contributed by atoms with E-state index in [9.17, 15) is 9.59 Å².